The van der Waals surface area contributed by atoms with Crippen molar-refractivity contribution in [3.05, 3.63) is 59.1 Å². The van der Waals surface area contributed by atoms with E-state index in [9.17, 15) is 9.18 Å². The smallest absolute Gasteiger partial charge is 0.249 e. The van der Waals surface area contributed by atoms with Crippen molar-refractivity contribution in [3.8, 4) is 0 Å². The van der Waals surface area contributed by atoms with Crippen LogP contribution >= 0.6 is 0 Å². The topological polar surface area (TPSA) is 72.6 Å². The summed E-state index contributed by atoms with van der Waals surface area (Å²) in [5.41, 5.74) is 3.17. The number of hydrogen-bond acceptors (Lipinski definition) is 5. The lowest BCUT2D eigenvalue weighted by Gasteiger charge is -2.32. The minimum absolute atomic E-state index is 0.0255. The first kappa shape index (κ1) is 21.0. The number of pyridine rings is 2. The minimum atomic E-state index is -0.338. The van der Waals surface area contributed by atoms with E-state index in [0.29, 0.717) is 18.3 Å². The molecule has 32 heavy (non-hydrogen) atoms. The van der Waals surface area contributed by atoms with E-state index in [-0.39, 0.29) is 29.3 Å². The number of hydroxylamine groups is 2. The molecule has 1 amide bonds. The third-order valence-electron chi connectivity index (χ3n) is 6.71. The van der Waals surface area contributed by atoms with E-state index in [0.717, 1.165) is 55.3 Å². The molecule has 1 atom stereocenters. The monoisotopic (exact) mass is 437 g/mol. The second-order valence-electron chi connectivity index (χ2n) is 9.08. The summed E-state index contributed by atoms with van der Waals surface area (Å²) in [6, 6.07) is 5.52. The maximum absolute atomic E-state index is 14.4. The molecule has 8 heteroatoms. The van der Waals surface area contributed by atoms with E-state index < -0.39 is 0 Å². The fourth-order valence-corrected chi connectivity index (χ4v) is 5.01. The molecule has 0 unspecified atom stereocenters. The van der Waals surface area contributed by atoms with Crippen molar-refractivity contribution in [1.29, 1.82) is 0 Å². The van der Waals surface area contributed by atoms with Gasteiger partial charge < -0.3 is 0 Å². The van der Waals surface area contributed by atoms with Crippen LogP contribution in [0.25, 0.3) is 5.65 Å². The van der Waals surface area contributed by atoms with Gasteiger partial charge in [-0.15, -0.1) is 0 Å². The first-order valence-corrected chi connectivity index (χ1v) is 11.4. The third kappa shape index (κ3) is 4.11. The van der Waals surface area contributed by atoms with Crippen molar-refractivity contribution in [2.45, 2.75) is 58.4 Å². The van der Waals surface area contributed by atoms with Gasteiger partial charge in [-0.25, -0.2) is 19.0 Å². The normalized spacial score (nSPS) is 23.7. The summed E-state index contributed by atoms with van der Waals surface area (Å²) < 4.78 is 15.9. The van der Waals surface area contributed by atoms with E-state index >= 15 is 0 Å². The van der Waals surface area contributed by atoms with Crippen molar-refractivity contribution in [2.75, 3.05) is 6.61 Å². The molecule has 0 radical (unpaired) electrons. The molecule has 168 valence electrons. The summed E-state index contributed by atoms with van der Waals surface area (Å²) in [6.07, 6.45) is 8.83. The minimum Gasteiger partial charge on any atom is -0.272 e. The van der Waals surface area contributed by atoms with Crippen molar-refractivity contribution < 1.29 is 14.0 Å². The summed E-state index contributed by atoms with van der Waals surface area (Å²) in [5, 5.41) is 5.83. The molecule has 2 fully saturated rings. The number of rotatable bonds is 4. The van der Waals surface area contributed by atoms with Crippen LogP contribution in [0.15, 0.2) is 30.6 Å². The predicted octanol–water partition coefficient (Wildman–Crippen LogP) is 4.13. The molecule has 0 N–H and O–H groups in total. The van der Waals surface area contributed by atoms with Gasteiger partial charge in [-0.3, -0.25) is 14.6 Å². The summed E-state index contributed by atoms with van der Waals surface area (Å²) in [7, 11) is 0. The van der Waals surface area contributed by atoms with Gasteiger partial charge in [0.05, 0.1) is 12.6 Å². The highest BCUT2D eigenvalue weighted by Crippen LogP contribution is 2.37. The van der Waals surface area contributed by atoms with Gasteiger partial charge in [0.25, 0.3) is 0 Å². The first-order valence-electron chi connectivity index (χ1n) is 11.4. The average molecular weight is 438 g/mol. The number of amides is 1. The van der Waals surface area contributed by atoms with Crippen molar-refractivity contribution >= 4 is 11.6 Å². The molecule has 7 nitrogen and oxygen atoms in total. The van der Waals surface area contributed by atoms with Gasteiger partial charge in [-0.05, 0) is 75.1 Å². The second kappa shape index (κ2) is 8.58. The Hall–Kier alpha value is -2.87. The van der Waals surface area contributed by atoms with Crippen LogP contribution in [0, 0.1) is 31.5 Å². The molecule has 0 spiro atoms. The summed E-state index contributed by atoms with van der Waals surface area (Å²) >= 11 is 0. The van der Waals surface area contributed by atoms with Crippen LogP contribution < -0.4 is 0 Å². The van der Waals surface area contributed by atoms with Gasteiger partial charge in [0.1, 0.15) is 5.82 Å². The number of aryl methyl sites for hydroxylation is 2. The van der Waals surface area contributed by atoms with Crippen LogP contribution in [0.3, 0.4) is 0 Å². The van der Waals surface area contributed by atoms with E-state index in [2.05, 4.69) is 15.1 Å². The van der Waals surface area contributed by atoms with Crippen LogP contribution in [0.1, 0.15) is 60.8 Å². The lowest BCUT2D eigenvalue weighted by atomic mass is 9.79. The molecule has 1 aliphatic carbocycles. The number of carbonyl (C=O) groups excluding carboxylic acids is 1. The molecular weight excluding hydrogens is 409 g/mol. The van der Waals surface area contributed by atoms with Gasteiger partial charge in [0, 0.05) is 30.4 Å². The zero-order valence-electron chi connectivity index (χ0n) is 18.5. The van der Waals surface area contributed by atoms with Gasteiger partial charge in [-0.2, -0.15) is 5.10 Å². The average Bonchev–Trinajstić information content (AvgIpc) is 3.41. The lowest BCUT2D eigenvalue weighted by Crippen LogP contribution is -2.36. The van der Waals surface area contributed by atoms with Crippen molar-refractivity contribution in [1.82, 2.24) is 24.6 Å². The Morgan fingerprint density at radius 2 is 2.00 bits per heavy atom. The van der Waals surface area contributed by atoms with Crippen molar-refractivity contribution in [3.63, 3.8) is 0 Å². The number of fused-ring (bicyclic) bond motifs is 1. The largest absolute Gasteiger partial charge is 0.272 e. The van der Waals surface area contributed by atoms with Gasteiger partial charge in [-0.1, -0.05) is 6.07 Å². The van der Waals surface area contributed by atoms with Gasteiger partial charge in [0.2, 0.25) is 5.91 Å². The quantitative estimate of drug-likeness (QED) is 0.614. The van der Waals surface area contributed by atoms with Crippen LogP contribution in [-0.4, -0.2) is 37.2 Å². The fourth-order valence-electron chi connectivity index (χ4n) is 5.01. The van der Waals surface area contributed by atoms with E-state index in [4.69, 9.17) is 4.84 Å². The first-order chi connectivity index (χ1) is 15.5. The van der Waals surface area contributed by atoms with E-state index in [1.807, 2.05) is 31.5 Å². The Morgan fingerprint density at radius 1 is 1.19 bits per heavy atom. The molecule has 1 saturated heterocycles. The van der Waals surface area contributed by atoms with Crippen LogP contribution in [0.2, 0.25) is 0 Å². The number of aromatic nitrogens is 4. The fraction of sp³-hybridized carbons (Fsp3) is 0.500. The molecule has 5 rings (SSSR count). The van der Waals surface area contributed by atoms with E-state index in [1.54, 1.807) is 18.1 Å². The summed E-state index contributed by atoms with van der Waals surface area (Å²) in [4.78, 5) is 27.5. The van der Waals surface area contributed by atoms with Gasteiger partial charge >= 0.3 is 0 Å². The molecule has 3 aromatic heterocycles. The standard InChI is InChI=1S/C24H28FN5O2/c1-15-3-6-20(13-26-15)22-9-10-32-30(22)24(31)19-7-4-17(5-8-19)11-18-12-21(25)23-27-16(2)28-29(23)14-18/h3,6,12-14,17,19,22H,4-5,7-11H2,1-2H3/t17?,19?,22-/m0/s1. The number of hydrogen-bond donors (Lipinski definition) is 0. The maximum Gasteiger partial charge on any atom is 0.249 e. The predicted molar refractivity (Wildman–Crippen MR) is 116 cm³/mol. The SMILES string of the molecule is Cc1ccc([C@@H]2CCON2C(=O)C2CCC(Cc3cc(F)c4nc(C)nn4c3)CC2)cn1. The second-order valence-corrected chi connectivity index (χ2v) is 9.08. The Morgan fingerprint density at radius 3 is 2.75 bits per heavy atom. The molecule has 3 aromatic rings. The number of halogens is 1. The molecule has 0 aromatic carbocycles. The van der Waals surface area contributed by atoms with Crippen molar-refractivity contribution in [2.24, 2.45) is 11.8 Å². The number of nitrogens with zero attached hydrogens (tertiary/aromatic N) is 5. The third-order valence-corrected chi connectivity index (χ3v) is 6.71. The molecule has 0 bridgehead atoms. The molecule has 1 saturated carbocycles. The zero-order valence-corrected chi connectivity index (χ0v) is 18.5. The summed E-state index contributed by atoms with van der Waals surface area (Å²) in [6.45, 7) is 4.26. The summed E-state index contributed by atoms with van der Waals surface area (Å²) in [5.74, 6) is 0.704. The highest BCUT2D eigenvalue weighted by atomic mass is 19.1. The molecule has 2 aliphatic rings. The van der Waals surface area contributed by atoms with Gasteiger partial charge in [0.15, 0.2) is 11.5 Å². The highest BCUT2D eigenvalue weighted by Gasteiger charge is 2.37. The van der Waals surface area contributed by atoms with Crippen LogP contribution in [-0.2, 0) is 16.1 Å². The lowest BCUT2D eigenvalue weighted by molar-refractivity contribution is -0.183. The Balaban J connectivity index is 1.21. The number of carbonyl (C=O) groups is 1. The van der Waals surface area contributed by atoms with Crippen LogP contribution in [0.4, 0.5) is 4.39 Å². The van der Waals surface area contributed by atoms with Crippen LogP contribution in [0.5, 0.6) is 0 Å². The maximum atomic E-state index is 14.4. The molecular formula is C24H28FN5O2. The Bertz CT molecular complexity index is 1120. The zero-order chi connectivity index (χ0) is 22.2. The highest BCUT2D eigenvalue weighted by molar-refractivity contribution is 5.78. The molecule has 1 aliphatic heterocycles. The van der Waals surface area contributed by atoms with E-state index in [1.165, 1.54) is 4.52 Å². The molecule has 4 heterocycles. The Labute approximate surface area is 186 Å². The Kier molecular flexibility index (Phi) is 5.63.